The molecule has 24 heavy (non-hydrogen) atoms. The van der Waals surface area contributed by atoms with Crippen molar-refractivity contribution < 1.29 is 4.79 Å². The number of aliphatic imine (C=N–C) groups is 1. The number of nitrogens with one attached hydrogen (secondary N) is 2. The van der Waals surface area contributed by atoms with Crippen LogP contribution >= 0.6 is 24.0 Å². The summed E-state index contributed by atoms with van der Waals surface area (Å²) in [5.41, 5.74) is 0.419. The highest BCUT2D eigenvalue weighted by Crippen LogP contribution is 2.41. The molecule has 1 atom stereocenters. The van der Waals surface area contributed by atoms with E-state index in [4.69, 9.17) is 4.99 Å². The zero-order valence-electron chi connectivity index (χ0n) is 15.6. The first-order valence-electron chi connectivity index (χ1n) is 9.45. The molecule has 5 nitrogen and oxygen atoms in total. The van der Waals surface area contributed by atoms with E-state index >= 15 is 0 Å². The van der Waals surface area contributed by atoms with Crippen LogP contribution in [0.2, 0.25) is 0 Å². The Morgan fingerprint density at radius 2 is 1.96 bits per heavy atom. The minimum Gasteiger partial charge on any atom is -0.357 e. The van der Waals surface area contributed by atoms with Crippen molar-refractivity contribution >= 4 is 35.8 Å². The van der Waals surface area contributed by atoms with Crippen LogP contribution in [0.25, 0.3) is 0 Å². The number of rotatable bonds is 6. The Kier molecular flexibility index (Phi) is 9.37. The minimum atomic E-state index is 0. The lowest BCUT2D eigenvalue weighted by atomic mass is 9.84. The molecule has 0 bridgehead atoms. The van der Waals surface area contributed by atoms with Crippen LogP contribution in [-0.2, 0) is 4.79 Å². The summed E-state index contributed by atoms with van der Waals surface area (Å²) in [6.07, 6.45) is 8.16. The van der Waals surface area contributed by atoms with Crippen molar-refractivity contribution in [2.24, 2.45) is 10.4 Å². The van der Waals surface area contributed by atoms with Crippen LogP contribution in [-0.4, -0.2) is 49.0 Å². The van der Waals surface area contributed by atoms with E-state index in [-0.39, 0.29) is 29.9 Å². The van der Waals surface area contributed by atoms with Crippen LogP contribution in [0.15, 0.2) is 4.99 Å². The molecule has 0 aromatic heterocycles. The number of guanidine groups is 1. The average molecular weight is 450 g/mol. The number of carbonyl (C=O) groups excluding carboxylic acids is 1. The molecular formula is C18H35IN4O. The number of likely N-dealkylation sites (tertiary alicyclic amines) is 1. The summed E-state index contributed by atoms with van der Waals surface area (Å²) in [6, 6.07) is 0.324. The second-order valence-electron chi connectivity index (χ2n) is 7.08. The Morgan fingerprint density at radius 1 is 1.25 bits per heavy atom. The van der Waals surface area contributed by atoms with Crippen LogP contribution in [0.1, 0.15) is 65.7 Å². The molecule has 1 heterocycles. The standard InChI is InChI=1S/C18H34N4O.HI/c1-4-16(23)22-12-9-15(13-22)21-17(19-6-3)20-14-18(5-2)10-7-8-11-18;/h15H,4-14H2,1-3H3,(H2,19,20,21);1H. The molecule has 6 heteroatoms. The molecule has 1 aliphatic heterocycles. The summed E-state index contributed by atoms with van der Waals surface area (Å²) >= 11 is 0. The van der Waals surface area contributed by atoms with Gasteiger partial charge in [-0.15, -0.1) is 24.0 Å². The molecule has 140 valence electrons. The first-order chi connectivity index (χ1) is 11.1. The highest BCUT2D eigenvalue weighted by Gasteiger charge is 2.32. The van der Waals surface area contributed by atoms with Crippen LogP contribution in [0, 0.1) is 5.41 Å². The molecular weight excluding hydrogens is 415 g/mol. The highest BCUT2D eigenvalue weighted by atomic mass is 127. The highest BCUT2D eigenvalue weighted by molar-refractivity contribution is 14.0. The maximum Gasteiger partial charge on any atom is 0.222 e. The Morgan fingerprint density at radius 3 is 2.54 bits per heavy atom. The summed E-state index contributed by atoms with van der Waals surface area (Å²) in [7, 11) is 0. The minimum absolute atomic E-state index is 0. The smallest absolute Gasteiger partial charge is 0.222 e. The summed E-state index contributed by atoms with van der Waals surface area (Å²) in [5, 5.41) is 6.90. The van der Waals surface area contributed by atoms with Crippen LogP contribution in [0.5, 0.6) is 0 Å². The molecule has 1 unspecified atom stereocenters. The Hall–Kier alpha value is -0.530. The van der Waals surface area contributed by atoms with Crippen LogP contribution < -0.4 is 10.6 Å². The van der Waals surface area contributed by atoms with Gasteiger partial charge in [0.25, 0.3) is 0 Å². The second kappa shape index (κ2) is 10.5. The summed E-state index contributed by atoms with van der Waals surface area (Å²) in [6.45, 7) is 9.79. The van der Waals surface area contributed by atoms with Gasteiger partial charge in [0.05, 0.1) is 0 Å². The Bertz CT molecular complexity index is 421. The fourth-order valence-corrected chi connectivity index (χ4v) is 3.84. The number of carbonyl (C=O) groups is 1. The van der Waals surface area contributed by atoms with E-state index < -0.39 is 0 Å². The average Bonchev–Trinajstić information content (AvgIpc) is 3.22. The summed E-state index contributed by atoms with van der Waals surface area (Å²) in [4.78, 5) is 18.7. The van der Waals surface area contributed by atoms with Crippen molar-refractivity contribution in [2.45, 2.75) is 71.8 Å². The van der Waals surface area contributed by atoms with E-state index in [0.717, 1.165) is 38.6 Å². The topological polar surface area (TPSA) is 56.7 Å². The first-order valence-corrected chi connectivity index (χ1v) is 9.45. The van der Waals surface area contributed by atoms with Crippen LogP contribution in [0.3, 0.4) is 0 Å². The van der Waals surface area contributed by atoms with Crippen molar-refractivity contribution in [3.8, 4) is 0 Å². The lowest BCUT2D eigenvalue weighted by molar-refractivity contribution is -0.129. The molecule has 2 fully saturated rings. The molecule has 1 amide bonds. The maximum atomic E-state index is 11.8. The van der Waals surface area contributed by atoms with Gasteiger partial charge in [-0.3, -0.25) is 9.79 Å². The molecule has 2 aliphatic rings. The van der Waals surface area contributed by atoms with Gasteiger partial charge in [-0.2, -0.15) is 0 Å². The SMILES string of the molecule is CCNC(=NCC1(CC)CCCC1)NC1CCN(C(=O)CC)C1.I. The molecule has 0 aromatic carbocycles. The Balaban J connectivity index is 0.00000288. The zero-order chi connectivity index (χ0) is 16.7. The monoisotopic (exact) mass is 450 g/mol. The van der Waals surface area contributed by atoms with Crippen molar-refractivity contribution in [1.29, 1.82) is 0 Å². The quantitative estimate of drug-likeness (QED) is 0.372. The lowest BCUT2D eigenvalue weighted by Crippen LogP contribution is -2.45. The third-order valence-electron chi connectivity index (χ3n) is 5.52. The molecule has 1 saturated heterocycles. The van der Waals surface area contributed by atoms with E-state index in [1.54, 1.807) is 0 Å². The van der Waals surface area contributed by atoms with Gasteiger partial charge >= 0.3 is 0 Å². The lowest BCUT2D eigenvalue weighted by Gasteiger charge is -2.26. The maximum absolute atomic E-state index is 11.8. The normalized spacial score (nSPS) is 23.0. The molecule has 1 saturated carbocycles. The number of nitrogens with zero attached hydrogens (tertiary/aromatic N) is 2. The molecule has 2 rings (SSSR count). The predicted octanol–water partition coefficient (Wildman–Crippen LogP) is 3.14. The van der Waals surface area contributed by atoms with E-state index in [1.807, 2.05) is 11.8 Å². The van der Waals surface area contributed by atoms with Crippen LogP contribution in [0.4, 0.5) is 0 Å². The first kappa shape index (κ1) is 21.5. The van der Waals surface area contributed by atoms with Crippen molar-refractivity contribution in [2.75, 3.05) is 26.2 Å². The van der Waals surface area contributed by atoms with E-state index in [9.17, 15) is 4.79 Å². The van der Waals surface area contributed by atoms with Gasteiger partial charge in [0.2, 0.25) is 5.91 Å². The molecule has 2 N–H and O–H groups in total. The van der Waals surface area contributed by atoms with Gasteiger partial charge in [-0.1, -0.05) is 26.7 Å². The second-order valence-corrected chi connectivity index (χ2v) is 7.08. The largest absolute Gasteiger partial charge is 0.357 e. The van der Waals surface area contributed by atoms with E-state index in [2.05, 4.69) is 24.5 Å². The summed E-state index contributed by atoms with van der Waals surface area (Å²) in [5.74, 6) is 1.18. The summed E-state index contributed by atoms with van der Waals surface area (Å²) < 4.78 is 0. The van der Waals surface area contributed by atoms with Gasteiger partial charge in [0.15, 0.2) is 5.96 Å². The predicted molar refractivity (Wildman–Crippen MR) is 111 cm³/mol. The number of amides is 1. The van der Waals surface area contributed by atoms with Gasteiger partial charge < -0.3 is 15.5 Å². The molecule has 0 radical (unpaired) electrons. The van der Waals surface area contributed by atoms with Gasteiger partial charge in [-0.05, 0) is 38.0 Å². The fourth-order valence-electron chi connectivity index (χ4n) is 3.84. The van der Waals surface area contributed by atoms with Crippen molar-refractivity contribution in [1.82, 2.24) is 15.5 Å². The van der Waals surface area contributed by atoms with Gasteiger partial charge in [-0.25, -0.2) is 0 Å². The molecule has 0 spiro atoms. The zero-order valence-corrected chi connectivity index (χ0v) is 17.9. The van der Waals surface area contributed by atoms with E-state index in [0.29, 0.717) is 17.9 Å². The molecule has 0 aromatic rings. The third-order valence-corrected chi connectivity index (χ3v) is 5.52. The van der Waals surface area contributed by atoms with Gasteiger partial charge in [0.1, 0.15) is 0 Å². The number of hydrogen-bond donors (Lipinski definition) is 2. The van der Waals surface area contributed by atoms with Gasteiger partial charge in [0, 0.05) is 38.6 Å². The van der Waals surface area contributed by atoms with E-state index in [1.165, 1.54) is 32.1 Å². The molecule has 1 aliphatic carbocycles. The fraction of sp³-hybridized carbons (Fsp3) is 0.889. The number of halogens is 1. The van der Waals surface area contributed by atoms with Crippen molar-refractivity contribution in [3.05, 3.63) is 0 Å². The number of hydrogen-bond acceptors (Lipinski definition) is 2. The Labute approximate surface area is 164 Å². The van der Waals surface area contributed by atoms with Crippen molar-refractivity contribution in [3.63, 3.8) is 0 Å². The third kappa shape index (κ3) is 5.77.